The maximum Gasteiger partial charge on any atom is 0.350 e. The highest BCUT2D eigenvalue weighted by Gasteiger charge is 2.25. The molecule has 0 aliphatic carbocycles. The number of thiophene rings is 1. The number of nitrogens with zero attached hydrogens (tertiary/aromatic N) is 1. The topological polar surface area (TPSA) is 46.6 Å². The first-order chi connectivity index (χ1) is 11.5. The number of carbonyl (C=O) groups is 2. The van der Waals surface area contributed by atoms with Crippen molar-refractivity contribution in [3.05, 3.63) is 33.1 Å². The highest BCUT2D eigenvalue weighted by Crippen LogP contribution is 2.37. The van der Waals surface area contributed by atoms with Crippen LogP contribution in [0.1, 0.15) is 35.9 Å². The molecule has 0 saturated carbocycles. The monoisotopic (exact) mass is 385 g/mol. The molecule has 1 aliphatic heterocycles. The molecule has 1 aromatic heterocycles. The first-order valence-corrected chi connectivity index (χ1v) is 9.38. The van der Waals surface area contributed by atoms with Crippen molar-refractivity contribution >= 4 is 56.5 Å². The third-order valence-corrected chi connectivity index (χ3v) is 6.10. The number of amides is 1. The van der Waals surface area contributed by atoms with Gasteiger partial charge in [0.05, 0.1) is 5.02 Å². The van der Waals surface area contributed by atoms with Crippen LogP contribution in [0.4, 0.5) is 0 Å². The van der Waals surface area contributed by atoms with Crippen LogP contribution >= 0.6 is 34.5 Å². The van der Waals surface area contributed by atoms with E-state index in [0.29, 0.717) is 14.9 Å². The normalized spacial score (nSPS) is 18.0. The molecule has 3 rings (SSSR count). The third kappa shape index (κ3) is 3.53. The molecule has 1 amide bonds. The second-order valence-corrected chi connectivity index (χ2v) is 7.76. The molecule has 0 bridgehead atoms. The Labute approximate surface area is 154 Å². The number of halogens is 2. The van der Waals surface area contributed by atoms with Gasteiger partial charge in [-0.15, -0.1) is 11.3 Å². The van der Waals surface area contributed by atoms with Crippen LogP contribution in [0, 0.1) is 0 Å². The van der Waals surface area contributed by atoms with Gasteiger partial charge in [0.25, 0.3) is 5.91 Å². The van der Waals surface area contributed by atoms with Gasteiger partial charge in [0.1, 0.15) is 4.88 Å². The van der Waals surface area contributed by atoms with Gasteiger partial charge in [0, 0.05) is 27.7 Å². The fraction of sp³-hybridized carbons (Fsp3) is 0.412. The molecule has 0 unspecified atom stereocenters. The summed E-state index contributed by atoms with van der Waals surface area (Å²) in [6.45, 7) is 2.49. The number of ether oxygens (including phenoxy) is 1. The van der Waals surface area contributed by atoms with Gasteiger partial charge in [-0.3, -0.25) is 4.79 Å². The van der Waals surface area contributed by atoms with E-state index < -0.39 is 5.97 Å². The minimum absolute atomic E-state index is 0.157. The van der Waals surface area contributed by atoms with E-state index in [0.717, 1.165) is 35.9 Å². The van der Waals surface area contributed by atoms with E-state index >= 15 is 0 Å². The molecule has 0 radical (unpaired) electrons. The van der Waals surface area contributed by atoms with Crippen LogP contribution in [-0.2, 0) is 9.53 Å². The summed E-state index contributed by atoms with van der Waals surface area (Å²) in [5.74, 6) is -0.730. The minimum Gasteiger partial charge on any atom is -0.451 e. The largest absolute Gasteiger partial charge is 0.451 e. The van der Waals surface area contributed by atoms with Crippen LogP contribution in [0.2, 0.25) is 10.0 Å². The number of likely N-dealkylation sites (tertiary alicyclic amines) is 1. The summed E-state index contributed by atoms with van der Waals surface area (Å²) >= 11 is 13.4. The molecule has 24 heavy (non-hydrogen) atoms. The number of carbonyl (C=O) groups excluding carboxylic acids is 2. The molecule has 0 N–H and O–H groups in total. The lowest BCUT2D eigenvalue weighted by Gasteiger charge is -2.33. The molecule has 0 spiro atoms. The number of esters is 1. The highest BCUT2D eigenvalue weighted by molar-refractivity contribution is 7.21. The summed E-state index contributed by atoms with van der Waals surface area (Å²) in [7, 11) is 0. The summed E-state index contributed by atoms with van der Waals surface area (Å²) in [4.78, 5) is 26.6. The number of hydrogen-bond donors (Lipinski definition) is 0. The zero-order valence-corrected chi connectivity index (χ0v) is 15.5. The SMILES string of the molecule is C[C@@H]1CCCCN1C(=O)COC(=O)c1sc2cc(Cl)ccc2c1Cl. The second kappa shape index (κ2) is 7.30. The van der Waals surface area contributed by atoms with Crippen LogP contribution in [-0.4, -0.2) is 36.0 Å². The van der Waals surface area contributed by atoms with Crippen molar-refractivity contribution in [1.29, 1.82) is 0 Å². The predicted molar refractivity (Wildman–Crippen MR) is 97.2 cm³/mol. The van der Waals surface area contributed by atoms with Crippen molar-refractivity contribution in [1.82, 2.24) is 4.90 Å². The fourth-order valence-electron chi connectivity index (χ4n) is 2.91. The Morgan fingerprint density at radius 1 is 1.33 bits per heavy atom. The maximum absolute atomic E-state index is 12.3. The van der Waals surface area contributed by atoms with Gasteiger partial charge in [-0.2, -0.15) is 0 Å². The Balaban J connectivity index is 1.69. The Hall–Kier alpha value is -1.30. The van der Waals surface area contributed by atoms with Crippen LogP contribution in [0.3, 0.4) is 0 Å². The number of fused-ring (bicyclic) bond motifs is 1. The van der Waals surface area contributed by atoms with E-state index in [-0.39, 0.29) is 18.6 Å². The Morgan fingerprint density at radius 2 is 2.12 bits per heavy atom. The van der Waals surface area contributed by atoms with Crippen LogP contribution in [0.5, 0.6) is 0 Å². The number of hydrogen-bond acceptors (Lipinski definition) is 4. The molecule has 1 aromatic carbocycles. The van der Waals surface area contributed by atoms with Gasteiger partial charge in [0.15, 0.2) is 6.61 Å². The lowest BCUT2D eigenvalue weighted by atomic mass is 10.0. The van der Waals surface area contributed by atoms with Crippen molar-refractivity contribution in [3.8, 4) is 0 Å². The molecule has 1 fully saturated rings. The van der Waals surface area contributed by atoms with Crippen molar-refractivity contribution in [2.75, 3.05) is 13.2 Å². The molecule has 2 heterocycles. The molecule has 1 saturated heterocycles. The highest BCUT2D eigenvalue weighted by atomic mass is 35.5. The molecule has 1 aliphatic rings. The van der Waals surface area contributed by atoms with Gasteiger partial charge in [0.2, 0.25) is 0 Å². The molecule has 128 valence electrons. The van der Waals surface area contributed by atoms with Crippen LogP contribution < -0.4 is 0 Å². The summed E-state index contributed by atoms with van der Waals surface area (Å²) in [6.07, 6.45) is 3.11. The molecule has 7 heteroatoms. The maximum atomic E-state index is 12.3. The van der Waals surface area contributed by atoms with Crippen molar-refractivity contribution in [2.24, 2.45) is 0 Å². The van der Waals surface area contributed by atoms with Gasteiger partial charge in [-0.05, 0) is 38.3 Å². The van der Waals surface area contributed by atoms with Gasteiger partial charge >= 0.3 is 5.97 Å². The van der Waals surface area contributed by atoms with E-state index in [1.165, 1.54) is 11.3 Å². The summed E-state index contributed by atoms with van der Waals surface area (Å²) in [6, 6.07) is 5.44. The number of benzene rings is 1. The molecule has 4 nitrogen and oxygen atoms in total. The van der Waals surface area contributed by atoms with Gasteiger partial charge in [-0.25, -0.2) is 4.79 Å². The van der Waals surface area contributed by atoms with E-state index in [1.807, 2.05) is 6.92 Å². The zero-order valence-electron chi connectivity index (χ0n) is 13.2. The fourth-order valence-corrected chi connectivity index (χ4v) is 4.59. The molecule has 2 aromatic rings. The standard InChI is InChI=1S/C17H17Cl2NO3S/c1-10-4-2-3-7-20(10)14(21)9-23-17(22)16-15(19)12-6-5-11(18)8-13(12)24-16/h5-6,8,10H,2-4,7,9H2,1H3/t10-/m1/s1. The lowest BCUT2D eigenvalue weighted by Crippen LogP contribution is -2.44. The van der Waals surface area contributed by atoms with E-state index in [1.54, 1.807) is 23.1 Å². The van der Waals surface area contributed by atoms with Crippen LogP contribution in [0.25, 0.3) is 10.1 Å². The summed E-state index contributed by atoms with van der Waals surface area (Å²) < 4.78 is 6.01. The van der Waals surface area contributed by atoms with Gasteiger partial charge < -0.3 is 9.64 Å². The van der Waals surface area contributed by atoms with Crippen molar-refractivity contribution in [2.45, 2.75) is 32.2 Å². The average Bonchev–Trinajstić information content (AvgIpc) is 2.89. The number of piperidine rings is 1. The first-order valence-electron chi connectivity index (χ1n) is 7.81. The number of rotatable bonds is 3. The smallest absolute Gasteiger partial charge is 0.350 e. The zero-order chi connectivity index (χ0) is 17.3. The first kappa shape index (κ1) is 17.5. The predicted octanol–water partition coefficient (Wildman–Crippen LogP) is 4.77. The lowest BCUT2D eigenvalue weighted by molar-refractivity contribution is -0.137. The minimum atomic E-state index is -0.574. The molecular formula is C17H17Cl2NO3S. The van der Waals surface area contributed by atoms with Gasteiger partial charge in [-0.1, -0.05) is 29.3 Å². The Bertz CT molecular complexity index is 789. The quantitative estimate of drug-likeness (QED) is 0.715. The molecular weight excluding hydrogens is 369 g/mol. The molecule has 1 atom stereocenters. The summed E-state index contributed by atoms with van der Waals surface area (Å²) in [5.41, 5.74) is 0. The summed E-state index contributed by atoms with van der Waals surface area (Å²) in [5, 5.41) is 1.68. The van der Waals surface area contributed by atoms with Crippen molar-refractivity contribution in [3.63, 3.8) is 0 Å². The van der Waals surface area contributed by atoms with E-state index in [2.05, 4.69) is 0 Å². The van der Waals surface area contributed by atoms with E-state index in [4.69, 9.17) is 27.9 Å². The Kier molecular flexibility index (Phi) is 5.33. The van der Waals surface area contributed by atoms with E-state index in [9.17, 15) is 9.59 Å². The average molecular weight is 386 g/mol. The van der Waals surface area contributed by atoms with Crippen LogP contribution in [0.15, 0.2) is 18.2 Å². The Morgan fingerprint density at radius 3 is 2.88 bits per heavy atom. The third-order valence-electron chi connectivity index (χ3n) is 4.23. The second-order valence-electron chi connectivity index (χ2n) is 5.89. The van der Waals surface area contributed by atoms with Crippen molar-refractivity contribution < 1.29 is 14.3 Å².